The van der Waals surface area contributed by atoms with Crippen LogP contribution in [0.3, 0.4) is 0 Å². The van der Waals surface area contributed by atoms with Gasteiger partial charge in [-0.25, -0.2) is 4.98 Å². The topological polar surface area (TPSA) is 75.4 Å². The van der Waals surface area contributed by atoms with E-state index in [1.165, 1.54) is 18.2 Å². The monoisotopic (exact) mass is 311 g/mol. The minimum atomic E-state index is -0.864. The fraction of sp³-hybridized carbons (Fsp3) is 0.643. The van der Waals surface area contributed by atoms with Crippen molar-refractivity contribution in [3.63, 3.8) is 0 Å². The first-order valence-electron chi connectivity index (χ1n) is 7.22. The molecule has 0 atom stereocenters. The summed E-state index contributed by atoms with van der Waals surface area (Å²) in [5.74, 6) is -0.704. The number of hydrogen-bond donors (Lipinski definition) is 1. The molecule has 0 aliphatic carbocycles. The number of aromatic nitrogens is 2. The minimum Gasteiger partial charge on any atom is -0.481 e. The molecule has 0 radical (unpaired) electrons. The molecule has 0 aromatic carbocycles. The van der Waals surface area contributed by atoms with Gasteiger partial charge in [-0.2, -0.15) is 0 Å². The van der Waals surface area contributed by atoms with E-state index in [9.17, 15) is 9.59 Å². The second kappa shape index (κ2) is 7.49. The average Bonchev–Trinajstić information content (AvgIpc) is 2.84. The highest BCUT2D eigenvalue weighted by molar-refractivity contribution is 7.99. The lowest BCUT2D eigenvalue weighted by atomic mass is 10.1. The molecule has 1 aliphatic heterocycles. The number of imidazole rings is 1. The molecule has 0 bridgehead atoms. The molecule has 1 fully saturated rings. The van der Waals surface area contributed by atoms with Gasteiger partial charge in [-0.1, -0.05) is 11.8 Å². The van der Waals surface area contributed by atoms with Gasteiger partial charge in [0.25, 0.3) is 0 Å². The van der Waals surface area contributed by atoms with E-state index in [-0.39, 0.29) is 11.7 Å². The third kappa shape index (κ3) is 4.49. The highest BCUT2D eigenvalue weighted by atomic mass is 32.2. The summed E-state index contributed by atoms with van der Waals surface area (Å²) in [5, 5.41) is 9.41. The number of thioether (sulfide) groups is 1. The van der Waals surface area contributed by atoms with Crippen molar-refractivity contribution < 1.29 is 14.7 Å². The number of carboxylic acids is 1. The lowest BCUT2D eigenvalue weighted by molar-refractivity contribution is -0.134. The number of aliphatic carboxylic acids is 1. The van der Waals surface area contributed by atoms with Gasteiger partial charge >= 0.3 is 5.97 Å². The van der Waals surface area contributed by atoms with E-state index in [1.807, 2.05) is 16.4 Å². The Hall–Kier alpha value is -1.50. The molecule has 7 heteroatoms. The van der Waals surface area contributed by atoms with Gasteiger partial charge in [-0.3, -0.25) is 9.59 Å². The van der Waals surface area contributed by atoms with Crippen LogP contribution in [0.5, 0.6) is 0 Å². The van der Waals surface area contributed by atoms with Gasteiger partial charge in [-0.05, 0) is 26.2 Å². The number of nitrogens with zero attached hydrogens (tertiary/aromatic N) is 3. The van der Waals surface area contributed by atoms with Crippen LogP contribution >= 0.6 is 11.8 Å². The van der Waals surface area contributed by atoms with Gasteiger partial charge < -0.3 is 14.6 Å². The number of aryl methyl sites for hydroxylation is 1. The first kappa shape index (κ1) is 15.9. The number of rotatable bonds is 6. The Morgan fingerprint density at radius 2 is 2.05 bits per heavy atom. The van der Waals surface area contributed by atoms with Gasteiger partial charge in [0.15, 0.2) is 5.16 Å². The first-order chi connectivity index (χ1) is 10.1. The van der Waals surface area contributed by atoms with E-state index in [0.29, 0.717) is 18.1 Å². The Balaban J connectivity index is 1.91. The predicted octanol–water partition coefficient (Wildman–Crippen LogP) is 1.77. The Bertz CT molecular complexity index is 510. The Morgan fingerprint density at radius 3 is 2.71 bits per heavy atom. The van der Waals surface area contributed by atoms with Gasteiger partial charge in [0.05, 0.1) is 5.75 Å². The standard InChI is InChI=1S/C14H21N3O3S/c1-11-9-15-14(21-10-13(19)20)17(11)8-5-12(18)16-6-3-2-4-7-16/h9H,2-8,10H2,1H3,(H,19,20). The van der Waals surface area contributed by atoms with Crippen LogP contribution in [0.25, 0.3) is 0 Å². The lowest BCUT2D eigenvalue weighted by Gasteiger charge is -2.27. The summed E-state index contributed by atoms with van der Waals surface area (Å²) in [5.41, 5.74) is 0.953. The first-order valence-corrected chi connectivity index (χ1v) is 8.21. The third-order valence-electron chi connectivity index (χ3n) is 3.60. The molecule has 1 saturated heterocycles. The molecule has 2 rings (SSSR count). The highest BCUT2D eigenvalue weighted by Gasteiger charge is 2.17. The zero-order valence-electron chi connectivity index (χ0n) is 12.2. The summed E-state index contributed by atoms with van der Waals surface area (Å²) in [4.78, 5) is 29.0. The van der Waals surface area contributed by atoms with Gasteiger partial charge in [-0.15, -0.1) is 0 Å². The largest absolute Gasteiger partial charge is 0.481 e. The average molecular weight is 311 g/mol. The van der Waals surface area contributed by atoms with Gasteiger partial charge in [0.1, 0.15) is 0 Å². The molecule has 0 spiro atoms. The molecular weight excluding hydrogens is 290 g/mol. The molecular formula is C14H21N3O3S. The zero-order valence-corrected chi connectivity index (χ0v) is 13.1. The molecule has 0 unspecified atom stereocenters. The second-order valence-corrected chi connectivity index (χ2v) is 6.15. The van der Waals surface area contributed by atoms with Crippen LogP contribution in [-0.4, -0.2) is 50.3 Å². The maximum atomic E-state index is 12.2. The summed E-state index contributed by atoms with van der Waals surface area (Å²) in [6, 6.07) is 0. The van der Waals surface area contributed by atoms with E-state index in [0.717, 1.165) is 31.6 Å². The number of amides is 1. The maximum absolute atomic E-state index is 12.2. The van der Waals surface area contributed by atoms with E-state index in [4.69, 9.17) is 5.11 Å². The number of carboxylic acid groups (broad SMARTS) is 1. The molecule has 1 aliphatic rings. The Morgan fingerprint density at radius 1 is 1.33 bits per heavy atom. The molecule has 1 amide bonds. The van der Waals surface area contributed by atoms with E-state index < -0.39 is 5.97 Å². The summed E-state index contributed by atoms with van der Waals surface area (Å²) in [7, 11) is 0. The Labute approximate surface area is 128 Å². The summed E-state index contributed by atoms with van der Waals surface area (Å²) < 4.78 is 1.93. The normalized spacial score (nSPS) is 15.2. The fourth-order valence-corrected chi connectivity index (χ4v) is 3.23. The Kier molecular flexibility index (Phi) is 5.67. The lowest BCUT2D eigenvalue weighted by Crippen LogP contribution is -2.36. The molecule has 21 heavy (non-hydrogen) atoms. The van der Waals surface area contributed by atoms with Gasteiger partial charge in [0, 0.05) is 37.9 Å². The van der Waals surface area contributed by atoms with E-state index in [2.05, 4.69) is 4.98 Å². The van der Waals surface area contributed by atoms with Crippen molar-refractivity contribution in [2.45, 2.75) is 44.3 Å². The number of piperidine rings is 1. The van der Waals surface area contributed by atoms with Crippen LogP contribution in [-0.2, 0) is 16.1 Å². The molecule has 2 heterocycles. The van der Waals surface area contributed by atoms with Crippen molar-refractivity contribution in [1.82, 2.24) is 14.5 Å². The van der Waals surface area contributed by atoms with Crippen LogP contribution in [0, 0.1) is 6.92 Å². The van der Waals surface area contributed by atoms with Crippen LogP contribution in [0.15, 0.2) is 11.4 Å². The van der Waals surface area contributed by atoms with E-state index >= 15 is 0 Å². The molecule has 6 nitrogen and oxygen atoms in total. The molecule has 0 saturated carbocycles. The van der Waals surface area contributed by atoms with Crippen molar-refractivity contribution in [2.75, 3.05) is 18.8 Å². The van der Waals surface area contributed by atoms with Crippen LogP contribution < -0.4 is 0 Å². The molecule has 1 N–H and O–H groups in total. The number of carbonyl (C=O) groups excluding carboxylic acids is 1. The molecule has 1 aromatic heterocycles. The summed E-state index contributed by atoms with van der Waals surface area (Å²) in [6.45, 7) is 4.21. The highest BCUT2D eigenvalue weighted by Crippen LogP contribution is 2.19. The molecule has 116 valence electrons. The SMILES string of the molecule is Cc1cnc(SCC(=O)O)n1CCC(=O)N1CCCCC1. The summed E-state index contributed by atoms with van der Waals surface area (Å²) >= 11 is 1.19. The van der Waals surface area contributed by atoms with Crippen molar-refractivity contribution in [3.05, 3.63) is 11.9 Å². The number of likely N-dealkylation sites (tertiary alicyclic amines) is 1. The smallest absolute Gasteiger partial charge is 0.313 e. The van der Waals surface area contributed by atoms with Crippen molar-refractivity contribution in [1.29, 1.82) is 0 Å². The number of hydrogen-bond acceptors (Lipinski definition) is 4. The van der Waals surface area contributed by atoms with Crippen LogP contribution in [0.2, 0.25) is 0 Å². The summed E-state index contributed by atoms with van der Waals surface area (Å²) in [6.07, 6.45) is 5.55. The van der Waals surface area contributed by atoms with Crippen molar-refractivity contribution in [3.8, 4) is 0 Å². The van der Waals surface area contributed by atoms with Crippen LogP contribution in [0.4, 0.5) is 0 Å². The minimum absolute atomic E-state index is 0.0173. The third-order valence-corrected chi connectivity index (χ3v) is 4.58. The van der Waals surface area contributed by atoms with Crippen LogP contribution in [0.1, 0.15) is 31.4 Å². The maximum Gasteiger partial charge on any atom is 0.313 e. The predicted molar refractivity (Wildman–Crippen MR) is 80.4 cm³/mol. The second-order valence-electron chi connectivity index (χ2n) is 5.21. The number of carbonyl (C=O) groups is 2. The van der Waals surface area contributed by atoms with Gasteiger partial charge in [0.2, 0.25) is 5.91 Å². The van der Waals surface area contributed by atoms with Crippen molar-refractivity contribution in [2.24, 2.45) is 0 Å². The fourth-order valence-electron chi connectivity index (χ4n) is 2.46. The quantitative estimate of drug-likeness (QED) is 0.810. The van der Waals surface area contributed by atoms with Crippen molar-refractivity contribution >= 4 is 23.6 Å². The zero-order chi connectivity index (χ0) is 15.2. The van der Waals surface area contributed by atoms with E-state index in [1.54, 1.807) is 6.20 Å². The molecule has 1 aromatic rings.